The second kappa shape index (κ2) is 5.74. The molecular weight excluding hydrogens is 285 g/mol. The van der Waals surface area contributed by atoms with Gasteiger partial charge in [-0.15, -0.1) is 0 Å². The van der Waals surface area contributed by atoms with E-state index in [9.17, 15) is 23.1 Å². The van der Waals surface area contributed by atoms with Gasteiger partial charge in [-0.05, 0) is 36.8 Å². The molecule has 4 nitrogen and oxygen atoms in total. The average Bonchev–Trinajstić information content (AvgIpc) is 2.43. The molecule has 7 heteroatoms. The maximum atomic E-state index is 13.4. The van der Waals surface area contributed by atoms with Crippen molar-refractivity contribution in [1.29, 1.82) is 0 Å². The Balaban J connectivity index is 2.14. The molecule has 0 spiro atoms. The summed E-state index contributed by atoms with van der Waals surface area (Å²) in [6.07, 6.45) is 0. The van der Waals surface area contributed by atoms with E-state index in [1.165, 1.54) is 12.1 Å². The summed E-state index contributed by atoms with van der Waals surface area (Å²) in [6, 6.07) is 5.20. The number of rotatable bonds is 2. The van der Waals surface area contributed by atoms with E-state index in [-0.39, 0.29) is 11.4 Å². The predicted octanol–water partition coefficient (Wildman–Crippen LogP) is 3.76. The van der Waals surface area contributed by atoms with Crippen LogP contribution in [-0.2, 0) is 0 Å². The summed E-state index contributed by atoms with van der Waals surface area (Å²) in [5.74, 6) is -4.70. The van der Waals surface area contributed by atoms with E-state index in [0.29, 0.717) is 6.07 Å². The van der Waals surface area contributed by atoms with Crippen molar-refractivity contribution in [2.45, 2.75) is 6.92 Å². The molecule has 0 aromatic heterocycles. The van der Waals surface area contributed by atoms with E-state index in [4.69, 9.17) is 0 Å². The number of halogens is 3. The quantitative estimate of drug-likeness (QED) is 0.583. The van der Waals surface area contributed by atoms with Crippen LogP contribution in [0.3, 0.4) is 0 Å². The van der Waals surface area contributed by atoms with Gasteiger partial charge >= 0.3 is 6.03 Å². The van der Waals surface area contributed by atoms with Crippen molar-refractivity contribution in [3.05, 3.63) is 53.3 Å². The smallest absolute Gasteiger partial charge is 0.323 e. The Bertz CT molecular complexity index is 705. The van der Waals surface area contributed by atoms with Crippen molar-refractivity contribution >= 4 is 17.4 Å². The number of aromatic hydroxyl groups is 1. The zero-order valence-electron chi connectivity index (χ0n) is 10.9. The summed E-state index contributed by atoms with van der Waals surface area (Å²) in [6.45, 7) is 1.75. The molecular formula is C14H11F3N2O2. The van der Waals surface area contributed by atoms with Crippen LogP contribution < -0.4 is 10.6 Å². The maximum Gasteiger partial charge on any atom is 0.323 e. The van der Waals surface area contributed by atoms with Gasteiger partial charge in [0.1, 0.15) is 5.75 Å². The molecule has 0 aliphatic rings. The molecule has 2 amide bonds. The molecule has 0 aliphatic heterocycles. The third kappa shape index (κ3) is 3.25. The Morgan fingerprint density at radius 3 is 2.29 bits per heavy atom. The molecule has 0 bridgehead atoms. The number of amides is 2. The lowest BCUT2D eigenvalue weighted by Crippen LogP contribution is -2.20. The maximum absolute atomic E-state index is 13.4. The summed E-state index contributed by atoms with van der Waals surface area (Å²) in [5.41, 5.74) is 0.365. The zero-order chi connectivity index (χ0) is 15.6. The van der Waals surface area contributed by atoms with Crippen LogP contribution in [-0.4, -0.2) is 11.1 Å². The molecule has 110 valence electrons. The Kier molecular flexibility index (Phi) is 4.02. The zero-order valence-corrected chi connectivity index (χ0v) is 10.9. The minimum Gasteiger partial charge on any atom is -0.506 e. The van der Waals surface area contributed by atoms with Gasteiger partial charge in [0.25, 0.3) is 0 Å². The van der Waals surface area contributed by atoms with E-state index in [1.54, 1.807) is 13.0 Å². The first-order valence-corrected chi connectivity index (χ1v) is 5.89. The van der Waals surface area contributed by atoms with Crippen LogP contribution in [0, 0.1) is 24.4 Å². The van der Waals surface area contributed by atoms with Gasteiger partial charge in [-0.25, -0.2) is 18.0 Å². The van der Waals surface area contributed by atoms with Crippen molar-refractivity contribution in [3.63, 3.8) is 0 Å². The Labute approximate surface area is 118 Å². The molecule has 0 saturated heterocycles. The molecule has 0 unspecified atom stereocenters. The standard InChI is InChI=1S/C14H11F3N2O2/c1-7-2-4-9(11(20)6-7)18-14(21)19-10-5-3-8(15)12(16)13(10)17/h2-6,20H,1H3,(H2,18,19,21). The Morgan fingerprint density at radius 2 is 1.62 bits per heavy atom. The van der Waals surface area contributed by atoms with Crippen LogP contribution in [0.5, 0.6) is 5.75 Å². The van der Waals surface area contributed by atoms with Gasteiger partial charge in [0.2, 0.25) is 0 Å². The number of hydrogen-bond acceptors (Lipinski definition) is 2. The van der Waals surface area contributed by atoms with Crippen LogP contribution >= 0.6 is 0 Å². The molecule has 0 radical (unpaired) electrons. The second-order valence-electron chi connectivity index (χ2n) is 4.32. The molecule has 2 rings (SSSR count). The number of phenols is 1. The van der Waals surface area contributed by atoms with Crippen molar-refractivity contribution < 1.29 is 23.1 Å². The third-order valence-electron chi connectivity index (χ3n) is 2.68. The number of carbonyl (C=O) groups is 1. The van der Waals surface area contributed by atoms with Crippen molar-refractivity contribution in [2.24, 2.45) is 0 Å². The van der Waals surface area contributed by atoms with Crippen LogP contribution in [0.25, 0.3) is 0 Å². The van der Waals surface area contributed by atoms with E-state index in [0.717, 1.165) is 11.6 Å². The monoisotopic (exact) mass is 296 g/mol. The molecule has 2 aromatic rings. The Morgan fingerprint density at radius 1 is 1.00 bits per heavy atom. The van der Waals surface area contributed by atoms with Crippen molar-refractivity contribution in [3.8, 4) is 5.75 Å². The summed E-state index contributed by atoms with van der Waals surface area (Å²) in [7, 11) is 0. The first-order chi connectivity index (χ1) is 9.88. The summed E-state index contributed by atoms with van der Waals surface area (Å²) in [5, 5.41) is 13.9. The molecule has 0 saturated carbocycles. The number of hydrogen-bond donors (Lipinski definition) is 3. The van der Waals surface area contributed by atoms with Gasteiger partial charge in [-0.3, -0.25) is 0 Å². The highest BCUT2D eigenvalue weighted by Gasteiger charge is 2.15. The molecule has 2 aromatic carbocycles. The minimum absolute atomic E-state index is 0.0982. The number of urea groups is 1. The van der Waals surface area contributed by atoms with Gasteiger partial charge in [0, 0.05) is 0 Å². The number of carbonyl (C=O) groups excluding carboxylic acids is 1. The first kappa shape index (κ1) is 14.7. The lowest BCUT2D eigenvalue weighted by Gasteiger charge is -2.10. The molecule has 0 aliphatic carbocycles. The third-order valence-corrected chi connectivity index (χ3v) is 2.68. The van der Waals surface area contributed by atoms with E-state index >= 15 is 0 Å². The number of benzene rings is 2. The highest BCUT2D eigenvalue weighted by Crippen LogP contribution is 2.24. The normalized spacial score (nSPS) is 10.3. The van der Waals surface area contributed by atoms with Crippen LogP contribution in [0.1, 0.15) is 5.56 Å². The number of anilines is 2. The number of aryl methyl sites for hydroxylation is 1. The Hall–Kier alpha value is -2.70. The second-order valence-corrected chi connectivity index (χ2v) is 4.32. The average molecular weight is 296 g/mol. The summed E-state index contributed by atoms with van der Waals surface area (Å²) >= 11 is 0. The molecule has 0 heterocycles. The number of phenolic OH excluding ortho intramolecular Hbond substituents is 1. The fourth-order valence-electron chi connectivity index (χ4n) is 1.65. The van der Waals surface area contributed by atoms with Crippen LogP contribution in [0.15, 0.2) is 30.3 Å². The topological polar surface area (TPSA) is 61.4 Å². The molecule has 21 heavy (non-hydrogen) atoms. The summed E-state index contributed by atoms with van der Waals surface area (Å²) in [4.78, 5) is 11.7. The fourth-order valence-corrected chi connectivity index (χ4v) is 1.65. The largest absolute Gasteiger partial charge is 0.506 e. The number of nitrogens with one attached hydrogen (secondary N) is 2. The van der Waals surface area contributed by atoms with Gasteiger partial charge in [0.05, 0.1) is 11.4 Å². The lowest BCUT2D eigenvalue weighted by atomic mass is 10.2. The molecule has 0 fully saturated rings. The van der Waals surface area contributed by atoms with Gasteiger partial charge in [0.15, 0.2) is 17.5 Å². The SMILES string of the molecule is Cc1ccc(NC(=O)Nc2ccc(F)c(F)c2F)c(O)c1. The molecule has 0 atom stereocenters. The van der Waals surface area contributed by atoms with Crippen molar-refractivity contribution in [1.82, 2.24) is 0 Å². The molecule has 3 N–H and O–H groups in total. The van der Waals surface area contributed by atoms with Gasteiger partial charge in [-0.2, -0.15) is 0 Å². The van der Waals surface area contributed by atoms with Crippen molar-refractivity contribution in [2.75, 3.05) is 10.6 Å². The highest BCUT2D eigenvalue weighted by atomic mass is 19.2. The van der Waals surface area contributed by atoms with E-state index in [1.807, 2.05) is 5.32 Å². The van der Waals surface area contributed by atoms with Crippen LogP contribution in [0.2, 0.25) is 0 Å². The van der Waals surface area contributed by atoms with Gasteiger partial charge < -0.3 is 15.7 Å². The minimum atomic E-state index is -1.68. The summed E-state index contributed by atoms with van der Waals surface area (Å²) < 4.78 is 39.2. The van der Waals surface area contributed by atoms with E-state index < -0.39 is 29.2 Å². The fraction of sp³-hybridized carbons (Fsp3) is 0.0714. The lowest BCUT2D eigenvalue weighted by molar-refractivity contribution is 0.262. The van der Waals surface area contributed by atoms with Gasteiger partial charge in [-0.1, -0.05) is 6.07 Å². The predicted molar refractivity (Wildman–Crippen MR) is 71.8 cm³/mol. The first-order valence-electron chi connectivity index (χ1n) is 5.89. The van der Waals surface area contributed by atoms with Crippen LogP contribution in [0.4, 0.5) is 29.3 Å². The van der Waals surface area contributed by atoms with E-state index in [2.05, 4.69) is 5.32 Å². The highest BCUT2D eigenvalue weighted by molar-refractivity contribution is 6.00.